The second-order valence-corrected chi connectivity index (χ2v) is 3.95. The lowest BCUT2D eigenvalue weighted by Crippen LogP contribution is -2.25. The van der Waals surface area contributed by atoms with Crippen molar-refractivity contribution >= 4 is 5.97 Å². The van der Waals surface area contributed by atoms with Crippen LogP contribution in [0.25, 0.3) is 0 Å². The van der Waals surface area contributed by atoms with E-state index in [1.165, 1.54) is 13.5 Å². The predicted octanol–water partition coefficient (Wildman–Crippen LogP) is 1.69. The Hall–Kier alpha value is -0.610. The van der Waals surface area contributed by atoms with Crippen LogP contribution in [0.15, 0.2) is 0 Å². The van der Waals surface area contributed by atoms with Gasteiger partial charge in [0.2, 0.25) is 0 Å². The second-order valence-electron chi connectivity index (χ2n) is 3.95. The predicted molar refractivity (Wildman–Crippen MR) is 64.5 cm³/mol. The van der Waals surface area contributed by atoms with Crippen LogP contribution in [-0.4, -0.2) is 51.3 Å². The van der Waals surface area contributed by atoms with Crippen molar-refractivity contribution in [3.8, 4) is 0 Å². The molecule has 16 heavy (non-hydrogen) atoms. The van der Waals surface area contributed by atoms with Crippen LogP contribution >= 0.6 is 0 Å². The van der Waals surface area contributed by atoms with E-state index in [-0.39, 0.29) is 5.97 Å². The zero-order valence-corrected chi connectivity index (χ0v) is 10.8. The second kappa shape index (κ2) is 10.9. The molecule has 0 heterocycles. The first-order valence-corrected chi connectivity index (χ1v) is 6.03. The van der Waals surface area contributed by atoms with Gasteiger partial charge in [0.25, 0.3) is 0 Å². The number of unbranched alkanes of at least 4 members (excludes halogenated alkanes) is 1. The molecule has 0 aromatic heterocycles. The number of esters is 1. The highest BCUT2D eigenvalue weighted by atomic mass is 16.5. The molecule has 0 radical (unpaired) electrons. The standard InChI is InChI=1S/C12H25NO3/c1-4-5-10-16-11-9-13(2)8-6-7-12(14)15-3/h4-11H2,1-3H3. The van der Waals surface area contributed by atoms with Crippen LogP contribution in [0, 0.1) is 0 Å². The Morgan fingerprint density at radius 1 is 1.19 bits per heavy atom. The van der Waals surface area contributed by atoms with E-state index in [1.807, 2.05) is 7.05 Å². The van der Waals surface area contributed by atoms with Crippen LogP contribution in [0.5, 0.6) is 0 Å². The maximum Gasteiger partial charge on any atom is 0.305 e. The van der Waals surface area contributed by atoms with Crippen LogP contribution in [0.3, 0.4) is 0 Å². The van der Waals surface area contributed by atoms with Gasteiger partial charge in [0.15, 0.2) is 0 Å². The summed E-state index contributed by atoms with van der Waals surface area (Å²) >= 11 is 0. The van der Waals surface area contributed by atoms with Crippen LogP contribution < -0.4 is 0 Å². The molecule has 0 fully saturated rings. The van der Waals surface area contributed by atoms with E-state index < -0.39 is 0 Å². The van der Waals surface area contributed by atoms with Crippen LogP contribution in [-0.2, 0) is 14.3 Å². The molecule has 0 unspecified atom stereocenters. The molecule has 4 heteroatoms. The van der Waals surface area contributed by atoms with Crippen LogP contribution in [0.2, 0.25) is 0 Å². The molecule has 4 nitrogen and oxygen atoms in total. The molecule has 0 bridgehead atoms. The summed E-state index contributed by atoms with van der Waals surface area (Å²) in [6.45, 7) is 5.61. The zero-order chi connectivity index (χ0) is 12.2. The molecule has 0 rings (SSSR count). The van der Waals surface area contributed by atoms with Gasteiger partial charge in [-0.15, -0.1) is 0 Å². The Bertz CT molecular complexity index is 174. The topological polar surface area (TPSA) is 38.8 Å². The summed E-state index contributed by atoms with van der Waals surface area (Å²) in [6.07, 6.45) is 3.65. The Morgan fingerprint density at radius 3 is 2.56 bits per heavy atom. The van der Waals surface area contributed by atoms with Crippen LogP contribution in [0.1, 0.15) is 32.6 Å². The van der Waals surface area contributed by atoms with Gasteiger partial charge in [0.05, 0.1) is 13.7 Å². The summed E-state index contributed by atoms with van der Waals surface area (Å²) < 4.78 is 10.0. The number of likely N-dealkylation sites (N-methyl/N-ethyl adjacent to an activating group) is 1. The van der Waals surface area contributed by atoms with Gasteiger partial charge in [-0.05, 0) is 26.4 Å². The van der Waals surface area contributed by atoms with Crippen molar-refractivity contribution in [1.29, 1.82) is 0 Å². The number of hydrogen-bond donors (Lipinski definition) is 0. The molecule has 0 aromatic carbocycles. The van der Waals surface area contributed by atoms with E-state index in [0.29, 0.717) is 6.42 Å². The highest BCUT2D eigenvalue weighted by molar-refractivity contribution is 5.69. The van der Waals surface area contributed by atoms with Crippen molar-refractivity contribution in [3.05, 3.63) is 0 Å². The molecular weight excluding hydrogens is 206 g/mol. The Kier molecular flexibility index (Phi) is 10.5. The third-order valence-electron chi connectivity index (χ3n) is 2.41. The fraction of sp³-hybridized carbons (Fsp3) is 0.917. The molecule has 0 saturated carbocycles. The summed E-state index contributed by atoms with van der Waals surface area (Å²) in [5.41, 5.74) is 0. The normalized spacial score (nSPS) is 10.8. The minimum absolute atomic E-state index is 0.132. The molecule has 0 aliphatic heterocycles. The summed E-state index contributed by atoms with van der Waals surface area (Å²) in [4.78, 5) is 13.0. The molecule has 96 valence electrons. The van der Waals surface area contributed by atoms with Crippen molar-refractivity contribution in [2.45, 2.75) is 32.6 Å². The first-order valence-electron chi connectivity index (χ1n) is 6.03. The van der Waals surface area contributed by atoms with E-state index in [1.54, 1.807) is 0 Å². The van der Waals surface area contributed by atoms with Crippen molar-refractivity contribution in [3.63, 3.8) is 0 Å². The van der Waals surface area contributed by atoms with Crippen molar-refractivity contribution < 1.29 is 14.3 Å². The Labute approximate surface area is 98.9 Å². The highest BCUT2D eigenvalue weighted by Gasteiger charge is 2.02. The van der Waals surface area contributed by atoms with Gasteiger partial charge < -0.3 is 14.4 Å². The highest BCUT2D eigenvalue weighted by Crippen LogP contribution is 1.95. The van der Waals surface area contributed by atoms with E-state index in [4.69, 9.17) is 4.74 Å². The molecule has 0 aliphatic carbocycles. The molecular formula is C12H25NO3. The molecule has 0 saturated heterocycles. The van der Waals surface area contributed by atoms with Gasteiger partial charge in [-0.2, -0.15) is 0 Å². The molecule has 0 amide bonds. The van der Waals surface area contributed by atoms with E-state index >= 15 is 0 Å². The van der Waals surface area contributed by atoms with Crippen molar-refractivity contribution in [2.75, 3.05) is 40.5 Å². The van der Waals surface area contributed by atoms with E-state index in [2.05, 4.69) is 16.6 Å². The van der Waals surface area contributed by atoms with Crippen LogP contribution in [0.4, 0.5) is 0 Å². The lowest BCUT2D eigenvalue weighted by molar-refractivity contribution is -0.140. The Morgan fingerprint density at radius 2 is 1.94 bits per heavy atom. The minimum atomic E-state index is -0.132. The monoisotopic (exact) mass is 231 g/mol. The third kappa shape index (κ3) is 9.93. The van der Waals surface area contributed by atoms with E-state index in [0.717, 1.165) is 39.1 Å². The number of ether oxygens (including phenoxy) is 2. The number of carbonyl (C=O) groups excluding carboxylic acids is 1. The lowest BCUT2D eigenvalue weighted by Gasteiger charge is -2.15. The quantitative estimate of drug-likeness (QED) is 0.423. The zero-order valence-electron chi connectivity index (χ0n) is 10.8. The largest absolute Gasteiger partial charge is 0.469 e. The first-order chi connectivity index (χ1) is 7.70. The summed E-state index contributed by atoms with van der Waals surface area (Å²) in [7, 11) is 3.47. The van der Waals surface area contributed by atoms with Gasteiger partial charge in [0, 0.05) is 19.6 Å². The Balaban J connectivity index is 3.24. The molecule has 0 aliphatic rings. The smallest absolute Gasteiger partial charge is 0.305 e. The van der Waals surface area contributed by atoms with Gasteiger partial charge in [-0.1, -0.05) is 13.3 Å². The number of methoxy groups -OCH3 is 1. The van der Waals surface area contributed by atoms with Gasteiger partial charge in [0.1, 0.15) is 0 Å². The van der Waals surface area contributed by atoms with Crippen molar-refractivity contribution in [2.24, 2.45) is 0 Å². The first kappa shape index (κ1) is 15.4. The summed E-state index contributed by atoms with van der Waals surface area (Å²) in [5, 5.41) is 0. The summed E-state index contributed by atoms with van der Waals surface area (Å²) in [5.74, 6) is -0.132. The number of hydrogen-bond acceptors (Lipinski definition) is 4. The SMILES string of the molecule is CCCCOCCN(C)CCCC(=O)OC. The molecule has 0 aromatic rings. The molecule has 0 N–H and O–H groups in total. The maximum atomic E-state index is 10.9. The number of rotatable bonds is 10. The molecule has 0 spiro atoms. The minimum Gasteiger partial charge on any atom is -0.469 e. The fourth-order valence-electron chi connectivity index (χ4n) is 1.28. The molecule has 0 atom stereocenters. The average molecular weight is 231 g/mol. The van der Waals surface area contributed by atoms with E-state index in [9.17, 15) is 4.79 Å². The van der Waals surface area contributed by atoms with Gasteiger partial charge in [-0.3, -0.25) is 4.79 Å². The number of nitrogens with zero attached hydrogens (tertiary/aromatic N) is 1. The number of carbonyl (C=O) groups is 1. The lowest BCUT2D eigenvalue weighted by atomic mass is 10.3. The average Bonchev–Trinajstić information content (AvgIpc) is 2.28. The fourth-order valence-corrected chi connectivity index (χ4v) is 1.28. The summed E-state index contributed by atoms with van der Waals surface area (Å²) in [6, 6.07) is 0. The van der Waals surface area contributed by atoms with Gasteiger partial charge in [-0.25, -0.2) is 0 Å². The third-order valence-corrected chi connectivity index (χ3v) is 2.41. The van der Waals surface area contributed by atoms with Gasteiger partial charge >= 0.3 is 5.97 Å². The maximum absolute atomic E-state index is 10.9. The van der Waals surface area contributed by atoms with Crippen molar-refractivity contribution in [1.82, 2.24) is 4.90 Å².